The van der Waals surface area contributed by atoms with Crippen molar-refractivity contribution >= 4 is 35.5 Å². The molecule has 4 unspecified atom stereocenters. The summed E-state index contributed by atoms with van der Waals surface area (Å²) >= 11 is 0. The number of esters is 2. The van der Waals surface area contributed by atoms with Crippen LogP contribution in [-0.4, -0.2) is 77.3 Å². The van der Waals surface area contributed by atoms with Crippen LogP contribution in [0.3, 0.4) is 0 Å². The summed E-state index contributed by atoms with van der Waals surface area (Å²) in [5.41, 5.74) is 12.0. The van der Waals surface area contributed by atoms with E-state index in [0.717, 1.165) is 6.07 Å². The van der Waals surface area contributed by atoms with Gasteiger partial charge in [-0.15, -0.1) is 0 Å². The van der Waals surface area contributed by atoms with Crippen molar-refractivity contribution in [3.05, 3.63) is 58.5 Å². The van der Waals surface area contributed by atoms with Crippen molar-refractivity contribution in [2.24, 2.45) is 23.3 Å². The zero-order chi connectivity index (χ0) is 37.3. The lowest BCUT2D eigenvalue weighted by atomic mass is 9.87. The number of Topliss-reactive ketones (excluding diaryl/α,β-unsaturated/α-hetero) is 1. The number of aliphatic carboxylic acids is 1. The molecule has 270 valence electrons. The number of hydrogen-bond acceptors (Lipinski definition) is 12. The second-order valence-electron chi connectivity index (χ2n) is 12.6. The lowest BCUT2D eigenvalue weighted by Gasteiger charge is -2.31. The minimum absolute atomic E-state index is 0.0462. The van der Waals surface area contributed by atoms with Gasteiger partial charge < -0.3 is 36.1 Å². The number of anilines is 1. The van der Waals surface area contributed by atoms with Crippen LogP contribution in [0.15, 0.2) is 30.5 Å². The van der Waals surface area contributed by atoms with Gasteiger partial charge in [-0.2, -0.15) is 5.26 Å². The van der Waals surface area contributed by atoms with E-state index in [-0.39, 0.29) is 46.8 Å². The third kappa shape index (κ3) is 10.3. The molecule has 0 saturated heterocycles. The molecule has 1 aliphatic rings. The molecule has 0 bridgehead atoms. The van der Waals surface area contributed by atoms with Gasteiger partial charge in [0.05, 0.1) is 5.56 Å². The van der Waals surface area contributed by atoms with E-state index in [1.807, 2.05) is 6.07 Å². The third-order valence-electron chi connectivity index (χ3n) is 8.12. The molecule has 1 aromatic heterocycles. The Labute approximate surface area is 288 Å². The van der Waals surface area contributed by atoms with Crippen molar-refractivity contribution in [3.8, 4) is 6.07 Å². The van der Waals surface area contributed by atoms with Crippen molar-refractivity contribution in [3.63, 3.8) is 0 Å². The number of benzene rings is 1. The molecule has 16 heteroatoms. The maximum Gasteiger partial charge on any atom is 0.329 e. The van der Waals surface area contributed by atoms with E-state index in [9.17, 15) is 29.1 Å². The maximum absolute atomic E-state index is 16.0. The first-order valence-electron chi connectivity index (χ1n) is 16.1. The first-order chi connectivity index (χ1) is 23.6. The fourth-order valence-electron chi connectivity index (χ4n) is 4.99. The smallest absolute Gasteiger partial charge is 0.329 e. The van der Waals surface area contributed by atoms with Crippen LogP contribution in [0.5, 0.6) is 0 Å². The number of nitriles is 1. The van der Waals surface area contributed by atoms with Gasteiger partial charge in [0.1, 0.15) is 49.1 Å². The molecule has 2 aromatic rings. The van der Waals surface area contributed by atoms with Gasteiger partial charge in [0.2, 0.25) is 0 Å². The van der Waals surface area contributed by atoms with Gasteiger partial charge >= 0.3 is 23.9 Å². The minimum atomic E-state index is -1.70. The fourth-order valence-corrected chi connectivity index (χ4v) is 4.99. The van der Waals surface area contributed by atoms with Crippen LogP contribution < -0.4 is 22.1 Å². The summed E-state index contributed by atoms with van der Waals surface area (Å²) in [7, 11) is 0. The van der Waals surface area contributed by atoms with Crippen LogP contribution >= 0.6 is 0 Å². The zero-order valence-electron chi connectivity index (χ0n) is 28.5. The second kappa shape index (κ2) is 17.6. The normalized spacial score (nSPS) is 17.5. The highest BCUT2D eigenvalue weighted by Crippen LogP contribution is 2.47. The van der Waals surface area contributed by atoms with E-state index in [2.05, 4.69) is 15.6 Å². The highest BCUT2D eigenvalue weighted by molar-refractivity contribution is 5.98. The van der Waals surface area contributed by atoms with Gasteiger partial charge in [-0.25, -0.2) is 19.0 Å². The van der Waals surface area contributed by atoms with Gasteiger partial charge in [0.15, 0.2) is 11.9 Å². The molecule has 1 fully saturated rings. The van der Waals surface area contributed by atoms with E-state index in [0.29, 0.717) is 0 Å². The fraction of sp³-hybridized carbons (Fsp3) is 0.500. The monoisotopic (exact) mass is 698 g/mol. The summed E-state index contributed by atoms with van der Waals surface area (Å²) in [5, 5.41) is 23.7. The van der Waals surface area contributed by atoms with Crippen LogP contribution in [0.4, 0.5) is 15.0 Å². The first kappa shape index (κ1) is 39.5. The van der Waals surface area contributed by atoms with Crippen molar-refractivity contribution in [1.29, 1.82) is 5.26 Å². The number of ether oxygens (including phenoxy) is 3. The number of carboxylic acid groups (broad SMARTS) is 1. The Bertz CT molecular complexity index is 1610. The predicted molar refractivity (Wildman–Crippen MR) is 176 cm³/mol. The molecule has 15 nitrogen and oxygen atoms in total. The van der Waals surface area contributed by atoms with Crippen LogP contribution in [0.25, 0.3) is 0 Å². The molecule has 1 saturated carbocycles. The number of urea groups is 1. The lowest BCUT2D eigenvalue weighted by Crippen LogP contribution is -2.43. The third-order valence-corrected chi connectivity index (χ3v) is 8.12. The number of hydrogen-bond donors (Lipinski definition) is 5. The molecule has 1 aromatic carbocycles. The average molecular weight is 699 g/mol. The standard InChI is InChI=1S/C34H43FN6O9/c1-6-23(42)19-8-9-21(35)27(20-11-22(20)40-34(47)41-25-10-7-18(12-36)13-39-25)28(19)31(50-33(46)30(38)17(4)5)24(48-15-26(43)44)14-49-32(45)29(37)16(2)3/h7-10,13,16-17,20,22,24,29-31H,6,11,14-15,37-38H2,1-5H3,(H,43,44)(H2,39,40,41,47)/t20-,22+,24?,29?,30?,31?/m0/s1. The number of aromatic nitrogens is 1. The molecule has 7 N–H and O–H groups in total. The molecule has 3 rings (SSSR count). The van der Waals surface area contributed by atoms with Gasteiger partial charge in [-0.1, -0.05) is 34.6 Å². The van der Waals surface area contributed by atoms with Gasteiger partial charge in [-0.3, -0.25) is 19.7 Å². The van der Waals surface area contributed by atoms with Crippen molar-refractivity contribution in [2.45, 2.75) is 83.7 Å². The SMILES string of the molecule is CCC(=O)c1ccc(F)c([C@H]2C[C@H]2NC(=O)Nc2ccc(C#N)cn2)c1C(OC(=O)C(N)C(C)C)C(COC(=O)C(N)C(C)C)OCC(=O)O. The molecular formula is C34H43FN6O9. The van der Waals surface area contributed by atoms with Gasteiger partial charge in [-0.05, 0) is 42.5 Å². The zero-order valence-corrected chi connectivity index (χ0v) is 28.5. The van der Waals surface area contributed by atoms with E-state index >= 15 is 4.39 Å². The number of carbonyl (C=O) groups is 5. The second-order valence-corrected chi connectivity index (χ2v) is 12.6. The quantitative estimate of drug-likeness (QED) is 0.118. The molecular weight excluding hydrogens is 655 g/mol. The van der Waals surface area contributed by atoms with Crippen molar-refractivity contribution in [2.75, 3.05) is 18.5 Å². The number of amides is 2. The highest BCUT2D eigenvalue weighted by Gasteiger charge is 2.46. The molecule has 6 atom stereocenters. The molecule has 50 heavy (non-hydrogen) atoms. The van der Waals surface area contributed by atoms with E-state index in [1.54, 1.807) is 34.6 Å². The summed E-state index contributed by atoms with van der Waals surface area (Å²) in [5.74, 6) is -5.86. The van der Waals surface area contributed by atoms with Crippen molar-refractivity contribution < 1.29 is 47.7 Å². The molecule has 0 radical (unpaired) electrons. The Morgan fingerprint density at radius 1 is 1.06 bits per heavy atom. The van der Waals surface area contributed by atoms with E-state index < -0.39 is 90.9 Å². The summed E-state index contributed by atoms with van der Waals surface area (Å²) in [6.07, 6.45) is -1.85. The largest absolute Gasteiger partial charge is 0.480 e. The van der Waals surface area contributed by atoms with Gasteiger partial charge in [0, 0.05) is 41.3 Å². The van der Waals surface area contributed by atoms with Crippen LogP contribution in [-0.2, 0) is 28.6 Å². The Balaban J connectivity index is 2.10. The van der Waals surface area contributed by atoms with Crippen LogP contribution in [0.1, 0.15) is 86.5 Å². The number of ketones is 1. The van der Waals surface area contributed by atoms with E-state index in [4.69, 9.17) is 30.9 Å². The maximum atomic E-state index is 16.0. The number of carbonyl (C=O) groups excluding carboxylic acids is 4. The Morgan fingerprint density at radius 3 is 2.28 bits per heavy atom. The summed E-state index contributed by atoms with van der Waals surface area (Å²) < 4.78 is 32.9. The summed E-state index contributed by atoms with van der Waals surface area (Å²) in [6, 6.07) is 3.51. The average Bonchev–Trinajstić information content (AvgIpc) is 3.83. The van der Waals surface area contributed by atoms with Crippen molar-refractivity contribution in [1.82, 2.24) is 10.3 Å². The number of nitrogens with two attached hydrogens (primary N) is 2. The summed E-state index contributed by atoms with van der Waals surface area (Å²) in [4.78, 5) is 67.9. The predicted octanol–water partition coefficient (Wildman–Crippen LogP) is 2.93. The van der Waals surface area contributed by atoms with Crippen LogP contribution in [0, 0.1) is 29.0 Å². The van der Waals surface area contributed by atoms with Crippen LogP contribution in [0.2, 0.25) is 0 Å². The Hall–Kier alpha value is -4.98. The molecule has 1 heterocycles. The number of nitrogens with zero attached hydrogens (tertiary/aromatic N) is 2. The molecule has 0 aliphatic heterocycles. The number of rotatable bonds is 17. The topological polar surface area (TPSA) is 246 Å². The molecule has 1 aliphatic carbocycles. The lowest BCUT2D eigenvalue weighted by molar-refractivity contribution is -0.172. The highest BCUT2D eigenvalue weighted by atomic mass is 19.1. The Kier molecular flexibility index (Phi) is 13.9. The van der Waals surface area contributed by atoms with Gasteiger partial charge in [0.25, 0.3) is 0 Å². The number of pyridine rings is 1. The van der Waals surface area contributed by atoms with E-state index in [1.165, 1.54) is 24.4 Å². The minimum Gasteiger partial charge on any atom is -0.480 e. The Morgan fingerprint density at radius 2 is 1.72 bits per heavy atom. The number of halogens is 1. The number of nitrogens with one attached hydrogen (secondary N) is 2. The summed E-state index contributed by atoms with van der Waals surface area (Å²) in [6.45, 7) is 6.63. The molecule has 0 spiro atoms. The molecule has 2 amide bonds. The number of carboxylic acids is 1. The first-order valence-corrected chi connectivity index (χ1v) is 16.1.